The molecule has 2 unspecified atom stereocenters. The van der Waals surface area contributed by atoms with E-state index < -0.39 is 28.5 Å². The topological polar surface area (TPSA) is 119 Å². The van der Waals surface area contributed by atoms with Gasteiger partial charge in [-0.2, -0.15) is 0 Å². The fraction of sp³-hybridized carbons (Fsp3) is 0.577. The van der Waals surface area contributed by atoms with E-state index >= 15 is 0 Å². The molecule has 3 fully saturated rings. The zero-order chi connectivity index (χ0) is 24.7. The lowest BCUT2D eigenvalue weighted by Crippen LogP contribution is -2.57. The molecule has 0 aromatic heterocycles. The van der Waals surface area contributed by atoms with Gasteiger partial charge in [-0.05, 0) is 55.4 Å². The minimum Gasteiger partial charge on any atom is -0.475 e. The Kier molecular flexibility index (Phi) is 6.57. The second-order valence-corrected chi connectivity index (χ2v) is 10.4. The maximum atomic E-state index is 12.5. The van der Waals surface area contributed by atoms with Crippen molar-refractivity contribution in [2.45, 2.75) is 58.2 Å². The molecule has 184 valence electrons. The van der Waals surface area contributed by atoms with Crippen molar-refractivity contribution in [3.63, 3.8) is 0 Å². The second-order valence-electron chi connectivity index (χ2n) is 10.4. The van der Waals surface area contributed by atoms with Gasteiger partial charge in [-0.3, -0.25) is 10.1 Å². The van der Waals surface area contributed by atoms with E-state index in [4.69, 9.17) is 9.47 Å². The molecule has 1 heterocycles. The summed E-state index contributed by atoms with van der Waals surface area (Å²) >= 11 is 0. The zero-order valence-corrected chi connectivity index (χ0v) is 19.7. The van der Waals surface area contributed by atoms with E-state index in [1.807, 2.05) is 13.0 Å². The van der Waals surface area contributed by atoms with Crippen molar-refractivity contribution in [1.82, 2.24) is 0 Å². The molecule has 2 aliphatic carbocycles. The summed E-state index contributed by atoms with van der Waals surface area (Å²) in [7, 11) is 0. The van der Waals surface area contributed by atoms with E-state index in [-0.39, 0.29) is 41.9 Å². The number of allylic oxidation sites excluding steroid dienone is 2. The smallest absolute Gasteiger partial charge is 0.337 e. The van der Waals surface area contributed by atoms with Crippen LogP contribution in [-0.2, 0) is 9.53 Å². The van der Waals surface area contributed by atoms with Crippen molar-refractivity contribution in [3.8, 4) is 5.75 Å². The number of benzene rings is 1. The van der Waals surface area contributed by atoms with E-state index in [1.54, 1.807) is 12.1 Å². The highest BCUT2D eigenvalue weighted by molar-refractivity contribution is 5.91. The minimum atomic E-state index is -0.732. The van der Waals surface area contributed by atoms with Crippen molar-refractivity contribution < 1.29 is 29.4 Å². The molecule has 1 aromatic carbocycles. The van der Waals surface area contributed by atoms with E-state index in [1.165, 1.54) is 12.1 Å². The summed E-state index contributed by atoms with van der Waals surface area (Å²) in [6.45, 7) is 8.42. The molecule has 0 radical (unpaired) electrons. The van der Waals surface area contributed by atoms with Gasteiger partial charge in [-0.15, -0.1) is 0 Å². The molecular weight excluding hydrogens is 438 g/mol. The number of fused-ring (bicyclic) bond motifs is 1. The van der Waals surface area contributed by atoms with Gasteiger partial charge in [-0.25, -0.2) is 4.79 Å². The van der Waals surface area contributed by atoms with Crippen LogP contribution in [0.4, 0.5) is 5.69 Å². The largest absolute Gasteiger partial charge is 0.475 e. The van der Waals surface area contributed by atoms with Crippen molar-refractivity contribution in [2.75, 3.05) is 13.2 Å². The van der Waals surface area contributed by atoms with Crippen LogP contribution < -0.4 is 4.74 Å². The Bertz CT molecular complexity index is 1020. The number of carbonyl (C=O) groups is 1. The molecular formula is C26H33NO7. The molecule has 3 aliphatic rings. The molecule has 4 rings (SSSR count). The Morgan fingerprint density at radius 1 is 1.32 bits per heavy atom. The van der Waals surface area contributed by atoms with Crippen LogP contribution >= 0.6 is 0 Å². The van der Waals surface area contributed by atoms with Gasteiger partial charge in [0.15, 0.2) is 11.9 Å². The number of hydrogen-bond acceptors (Lipinski definition) is 7. The van der Waals surface area contributed by atoms with Crippen LogP contribution in [0, 0.1) is 32.8 Å². The van der Waals surface area contributed by atoms with Crippen LogP contribution in [0.25, 0.3) is 0 Å². The average molecular weight is 472 g/mol. The van der Waals surface area contributed by atoms with E-state index in [2.05, 4.69) is 13.5 Å². The molecule has 1 aromatic rings. The monoisotopic (exact) mass is 471 g/mol. The van der Waals surface area contributed by atoms with Crippen LogP contribution in [0.1, 0.15) is 46.0 Å². The van der Waals surface area contributed by atoms with Crippen molar-refractivity contribution in [1.29, 1.82) is 0 Å². The van der Waals surface area contributed by atoms with E-state index in [0.717, 1.165) is 24.8 Å². The number of aliphatic hydroxyl groups excluding tert-OH is 2. The third-order valence-electron chi connectivity index (χ3n) is 8.55. The standard InChI is InChI=1S/C26H33NO7/c1-16-8-11-22-25(2,13-12-23(29)26(22,3)15-28)18(16)10-9-17-21(14-33-24(17)30)34-20-7-5-4-6-19(20)27(31)32/h4-7,9,18,21-23,28-29H,1,8,10-15H2,2-3H3/b17-9+/t18?,21-,22+,23?,25+,26+/m1/s1. The van der Waals surface area contributed by atoms with Crippen LogP contribution in [0.15, 0.2) is 48.1 Å². The highest BCUT2D eigenvalue weighted by Gasteiger charge is 2.57. The van der Waals surface area contributed by atoms with E-state index in [9.17, 15) is 25.1 Å². The number of nitro benzene ring substituents is 1. The maximum Gasteiger partial charge on any atom is 0.337 e. The Labute approximate surface area is 199 Å². The first-order valence-electron chi connectivity index (χ1n) is 11.9. The summed E-state index contributed by atoms with van der Waals surface area (Å²) in [5, 5.41) is 32.2. The number of rotatable bonds is 6. The van der Waals surface area contributed by atoms with Gasteiger partial charge >= 0.3 is 11.7 Å². The summed E-state index contributed by atoms with van der Waals surface area (Å²) in [4.78, 5) is 23.3. The number of nitrogens with zero attached hydrogens (tertiary/aromatic N) is 1. The van der Waals surface area contributed by atoms with Crippen molar-refractivity contribution in [3.05, 3.63) is 58.2 Å². The molecule has 8 nitrogen and oxygen atoms in total. The number of para-hydroxylation sites is 2. The summed E-state index contributed by atoms with van der Waals surface area (Å²) in [6.07, 6.45) is 4.18. The molecule has 1 saturated heterocycles. The molecule has 0 bridgehead atoms. The fourth-order valence-corrected chi connectivity index (χ4v) is 6.51. The van der Waals surface area contributed by atoms with Crippen LogP contribution in [0.2, 0.25) is 0 Å². The summed E-state index contributed by atoms with van der Waals surface area (Å²) in [6, 6.07) is 6.08. The Balaban J connectivity index is 1.59. The lowest BCUT2D eigenvalue weighted by Gasteiger charge is -2.59. The predicted molar refractivity (Wildman–Crippen MR) is 125 cm³/mol. The average Bonchev–Trinajstić information content (AvgIpc) is 3.15. The maximum absolute atomic E-state index is 12.5. The number of hydrogen-bond donors (Lipinski definition) is 2. The normalized spacial score (nSPS) is 36.8. The van der Waals surface area contributed by atoms with Gasteiger partial charge in [0.25, 0.3) is 0 Å². The fourth-order valence-electron chi connectivity index (χ4n) is 6.51. The molecule has 6 atom stereocenters. The lowest BCUT2D eigenvalue weighted by molar-refractivity contribution is -0.386. The van der Waals surface area contributed by atoms with Gasteiger partial charge in [0.2, 0.25) is 0 Å². The van der Waals surface area contributed by atoms with Gasteiger partial charge in [0.05, 0.1) is 23.2 Å². The number of ether oxygens (including phenoxy) is 2. The lowest BCUT2D eigenvalue weighted by atomic mass is 9.46. The molecule has 2 saturated carbocycles. The molecule has 1 aliphatic heterocycles. The Morgan fingerprint density at radius 2 is 2.06 bits per heavy atom. The van der Waals surface area contributed by atoms with Gasteiger partial charge in [0, 0.05) is 11.5 Å². The highest BCUT2D eigenvalue weighted by atomic mass is 16.6. The zero-order valence-electron chi connectivity index (χ0n) is 19.7. The second kappa shape index (κ2) is 9.15. The number of carbonyl (C=O) groups excluding carboxylic acids is 1. The van der Waals surface area contributed by atoms with Crippen LogP contribution in [-0.4, -0.2) is 46.5 Å². The van der Waals surface area contributed by atoms with Gasteiger partial charge < -0.3 is 19.7 Å². The van der Waals surface area contributed by atoms with Crippen LogP contribution in [0.5, 0.6) is 5.75 Å². The van der Waals surface area contributed by atoms with Crippen molar-refractivity contribution >= 4 is 11.7 Å². The van der Waals surface area contributed by atoms with Gasteiger partial charge in [-0.1, -0.05) is 44.2 Å². The Hall–Kier alpha value is -2.71. The highest BCUT2D eigenvalue weighted by Crippen LogP contribution is 2.61. The predicted octanol–water partition coefficient (Wildman–Crippen LogP) is 3.96. The molecule has 8 heteroatoms. The molecule has 0 spiro atoms. The first-order chi connectivity index (χ1) is 16.1. The number of nitro groups is 1. The molecule has 0 amide bonds. The first-order valence-corrected chi connectivity index (χ1v) is 11.9. The molecule has 34 heavy (non-hydrogen) atoms. The number of esters is 1. The van der Waals surface area contributed by atoms with E-state index in [0.29, 0.717) is 18.4 Å². The summed E-state index contributed by atoms with van der Waals surface area (Å²) in [5.74, 6) is -0.198. The quantitative estimate of drug-likeness (QED) is 0.212. The third-order valence-corrected chi connectivity index (χ3v) is 8.55. The number of aliphatic hydroxyl groups is 2. The summed E-state index contributed by atoms with van der Waals surface area (Å²) in [5.41, 5.74) is 0.539. The molecule has 2 N–H and O–H groups in total. The SMILES string of the molecule is C=C1CC[C@H]2[C@@](C)(CCC(O)[C@@]2(C)CO)C1C/C=C1/C(=O)OC[C@H]1Oc1ccccc1[N+](=O)[O-]. The first kappa shape index (κ1) is 24.4. The van der Waals surface area contributed by atoms with Gasteiger partial charge in [0.1, 0.15) is 6.61 Å². The van der Waals surface area contributed by atoms with Crippen molar-refractivity contribution in [2.24, 2.45) is 22.7 Å². The minimum absolute atomic E-state index is 0.00298. The third kappa shape index (κ3) is 4.03. The number of cyclic esters (lactones) is 1. The Morgan fingerprint density at radius 3 is 2.76 bits per heavy atom. The summed E-state index contributed by atoms with van der Waals surface area (Å²) < 4.78 is 11.1. The van der Waals surface area contributed by atoms with Crippen LogP contribution in [0.3, 0.4) is 0 Å².